The van der Waals surface area contributed by atoms with Crippen molar-refractivity contribution in [3.8, 4) is 0 Å². The van der Waals surface area contributed by atoms with Crippen LogP contribution in [0.15, 0.2) is 41.9 Å². The molecule has 0 aliphatic rings. The lowest BCUT2D eigenvalue weighted by atomic mass is 10.1. The molecule has 0 saturated heterocycles. The molecule has 1 aromatic heterocycles. The molecular formula is C16H15ClN2S. The predicted molar refractivity (Wildman–Crippen MR) is 87.8 cm³/mol. The Balaban J connectivity index is 1.90. The van der Waals surface area contributed by atoms with E-state index in [-0.39, 0.29) is 0 Å². The minimum absolute atomic E-state index is 0.720. The highest BCUT2D eigenvalue weighted by Gasteiger charge is 2.09. The van der Waals surface area contributed by atoms with Gasteiger partial charge in [-0.1, -0.05) is 42.8 Å². The zero-order valence-electron chi connectivity index (χ0n) is 11.2. The molecule has 3 aromatic rings. The molecule has 0 aliphatic carbocycles. The van der Waals surface area contributed by atoms with Crippen molar-refractivity contribution in [1.29, 1.82) is 0 Å². The molecule has 1 heterocycles. The number of anilines is 1. The summed E-state index contributed by atoms with van der Waals surface area (Å²) in [6.45, 7) is 2.94. The number of fused-ring (bicyclic) bond motifs is 1. The fourth-order valence-electron chi connectivity index (χ4n) is 2.33. The number of halogens is 1. The number of aromatic nitrogens is 1. The molecule has 20 heavy (non-hydrogen) atoms. The fourth-order valence-corrected chi connectivity index (χ4v) is 3.24. The van der Waals surface area contributed by atoms with Gasteiger partial charge in [0.1, 0.15) is 5.52 Å². The highest BCUT2D eigenvalue weighted by Crippen LogP contribution is 2.32. The maximum absolute atomic E-state index is 6.30. The largest absolute Gasteiger partial charge is 0.378 e. The van der Waals surface area contributed by atoms with Gasteiger partial charge in [-0.3, -0.25) is 0 Å². The third-order valence-corrected chi connectivity index (χ3v) is 4.52. The molecule has 4 heteroatoms. The van der Waals surface area contributed by atoms with E-state index in [0.29, 0.717) is 0 Å². The Labute approximate surface area is 127 Å². The highest BCUT2D eigenvalue weighted by atomic mass is 35.5. The van der Waals surface area contributed by atoms with E-state index in [0.717, 1.165) is 33.9 Å². The van der Waals surface area contributed by atoms with Gasteiger partial charge in [0.15, 0.2) is 0 Å². The van der Waals surface area contributed by atoms with E-state index in [1.807, 2.05) is 17.6 Å². The summed E-state index contributed by atoms with van der Waals surface area (Å²) in [7, 11) is 0. The monoisotopic (exact) mass is 302 g/mol. The van der Waals surface area contributed by atoms with E-state index in [1.165, 1.54) is 11.1 Å². The number of nitrogens with one attached hydrogen (secondary N) is 1. The van der Waals surface area contributed by atoms with Crippen LogP contribution in [0.4, 0.5) is 5.69 Å². The van der Waals surface area contributed by atoms with Crippen LogP contribution in [-0.4, -0.2) is 4.98 Å². The van der Waals surface area contributed by atoms with E-state index < -0.39 is 0 Å². The van der Waals surface area contributed by atoms with Gasteiger partial charge in [0.2, 0.25) is 0 Å². The maximum Gasteiger partial charge on any atom is 0.106 e. The topological polar surface area (TPSA) is 24.9 Å². The molecular weight excluding hydrogens is 288 g/mol. The van der Waals surface area contributed by atoms with Gasteiger partial charge in [-0.05, 0) is 29.7 Å². The van der Waals surface area contributed by atoms with Crippen LogP contribution >= 0.6 is 22.9 Å². The van der Waals surface area contributed by atoms with Crippen LogP contribution in [0.2, 0.25) is 5.02 Å². The third-order valence-electron chi connectivity index (χ3n) is 3.41. The van der Waals surface area contributed by atoms with Crippen molar-refractivity contribution in [1.82, 2.24) is 4.98 Å². The zero-order chi connectivity index (χ0) is 13.9. The first kappa shape index (κ1) is 13.4. The van der Waals surface area contributed by atoms with E-state index in [1.54, 1.807) is 11.3 Å². The molecule has 0 aliphatic heterocycles. The first-order chi connectivity index (χ1) is 9.79. The Bertz CT molecular complexity index is 736. The van der Waals surface area contributed by atoms with Gasteiger partial charge in [0.05, 0.1) is 20.9 Å². The quantitative estimate of drug-likeness (QED) is 0.723. The van der Waals surface area contributed by atoms with Crippen LogP contribution in [0.25, 0.3) is 10.2 Å². The van der Waals surface area contributed by atoms with Gasteiger partial charge in [0.25, 0.3) is 0 Å². The van der Waals surface area contributed by atoms with E-state index in [4.69, 9.17) is 11.6 Å². The van der Waals surface area contributed by atoms with Crippen molar-refractivity contribution >= 4 is 38.8 Å². The van der Waals surface area contributed by atoms with Crippen LogP contribution in [0.1, 0.15) is 18.1 Å². The highest BCUT2D eigenvalue weighted by molar-refractivity contribution is 7.16. The van der Waals surface area contributed by atoms with Crippen molar-refractivity contribution in [3.05, 3.63) is 58.1 Å². The molecule has 3 rings (SSSR count). The average Bonchev–Trinajstić information content (AvgIpc) is 2.95. The second-order valence-corrected chi connectivity index (χ2v) is 5.89. The summed E-state index contributed by atoms with van der Waals surface area (Å²) in [5.41, 5.74) is 6.40. The smallest absolute Gasteiger partial charge is 0.106 e. The molecule has 2 aromatic carbocycles. The molecule has 0 unspecified atom stereocenters. The van der Waals surface area contributed by atoms with Crippen molar-refractivity contribution in [2.45, 2.75) is 19.9 Å². The fraction of sp³-hybridized carbons (Fsp3) is 0.188. The number of rotatable bonds is 4. The lowest BCUT2D eigenvalue weighted by Gasteiger charge is -2.12. The summed E-state index contributed by atoms with van der Waals surface area (Å²) in [5, 5.41) is 4.17. The van der Waals surface area contributed by atoms with Crippen LogP contribution in [0.3, 0.4) is 0 Å². The summed E-state index contributed by atoms with van der Waals surface area (Å²) in [6, 6.07) is 12.4. The number of aryl methyl sites for hydroxylation is 1. The van der Waals surface area contributed by atoms with E-state index >= 15 is 0 Å². The minimum atomic E-state index is 0.720. The third kappa shape index (κ3) is 2.51. The molecule has 0 saturated carbocycles. The van der Waals surface area contributed by atoms with Gasteiger partial charge in [-0.15, -0.1) is 11.3 Å². The molecule has 102 valence electrons. The molecule has 0 bridgehead atoms. The molecule has 0 amide bonds. The van der Waals surface area contributed by atoms with Crippen LogP contribution in [0, 0.1) is 0 Å². The Morgan fingerprint density at radius 3 is 2.75 bits per heavy atom. The summed E-state index contributed by atoms with van der Waals surface area (Å²) in [6.07, 6.45) is 1.03. The van der Waals surface area contributed by atoms with Crippen molar-refractivity contribution in [3.63, 3.8) is 0 Å². The number of thiazole rings is 1. The number of benzene rings is 2. The van der Waals surface area contributed by atoms with Crippen molar-refractivity contribution in [2.75, 3.05) is 5.32 Å². The Morgan fingerprint density at radius 2 is 1.95 bits per heavy atom. The van der Waals surface area contributed by atoms with Gasteiger partial charge < -0.3 is 5.32 Å². The first-order valence-corrected chi connectivity index (χ1v) is 7.87. The predicted octanol–water partition coefficient (Wildman–Crippen LogP) is 5.12. The van der Waals surface area contributed by atoms with Crippen molar-refractivity contribution in [2.24, 2.45) is 0 Å². The molecule has 0 spiro atoms. The number of hydrogen-bond donors (Lipinski definition) is 1. The Kier molecular flexibility index (Phi) is 3.90. The molecule has 0 radical (unpaired) electrons. The summed E-state index contributed by atoms with van der Waals surface area (Å²) >= 11 is 7.93. The standard InChI is InChI=1S/C16H15ClN2S/c1-2-11-5-3-4-6-12(11)9-18-15-13(17)7-8-14-16(15)19-10-20-14/h3-8,10,18H,2,9H2,1H3. The normalized spacial score (nSPS) is 10.9. The number of hydrogen-bond acceptors (Lipinski definition) is 3. The van der Waals surface area contributed by atoms with Crippen molar-refractivity contribution < 1.29 is 0 Å². The minimum Gasteiger partial charge on any atom is -0.378 e. The molecule has 2 nitrogen and oxygen atoms in total. The zero-order valence-corrected chi connectivity index (χ0v) is 12.8. The van der Waals surface area contributed by atoms with Crippen LogP contribution < -0.4 is 5.32 Å². The Hall–Kier alpha value is -1.58. The molecule has 1 N–H and O–H groups in total. The van der Waals surface area contributed by atoms with Crippen LogP contribution in [0.5, 0.6) is 0 Å². The van der Waals surface area contributed by atoms with E-state index in [9.17, 15) is 0 Å². The second kappa shape index (κ2) is 5.81. The first-order valence-electron chi connectivity index (χ1n) is 6.62. The SMILES string of the molecule is CCc1ccccc1CNc1c(Cl)ccc2scnc12. The second-order valence-electron chi connectivity index (χ2n) is 4.60. The van der Waals surface area contributed by atoms with Gasteiger partial charge in [-0.25, -0.2) is 4.98 Å². The molecule has 0 fully saturated rings. The average molecular weight is 303 g/mol. The summed E-state index contributed by atoms with van der Waals surface area (Å²) in [4.78, 5) is 4.41. The summed E-state index contributed by atoms with van der Waals surface area (Å²) < 4.78 is 1.15. The number of nitrogens with zero attached hydrogens (tertiary/aromatic N) is 1. The maximum atomic E-state index is 6.30. The Morgan fingerprint density at radius 1 is 1.15 bits per heavy atom. The lowest BCUT2D eigenvalue weighted by Crippen LogP contribution is -2.03. The van der Waals surface area contributed by atoms with Crippen LogP contribution in [-0.2, 0) is 13.0 Å². The van der Waals surface area contributed by atoms with Gasteiger partial charge in [-0.2, -0.15) is 0 Å². The molecule has 0 atom stereocenters. The van der Waals surface area contributed by atoms with Gasteiger partial charge in [0, 0.05) is 6.54 Å². The summed E-state index contributed by atoms with van der Waals surface area (Å²) in [5.74, 6) is 0. The van der Waals surface area contributed by atoms with E-state index in [2.05, 4.69) is 41.5 Å². The van der Waals surface area contributed by atoms with Gasteiger partial charge >= 0.3 is 0 Å². The lowest BCUT2D eigenvalue weighted by molar-refractivity contribution is 1.04.